The maximum Gasteiger partial charge on any atom is 0.0781 e. The molecule has 0 amide bonds. The van der Waals surface area contributed by atoms with Crippen LogP contribution in [0.1, 0.15) is 13.3 Å². The SMILES string of the molecule is CC1COCCCOCCOCCOCCO1. The molecule has 5 nitrogen and oxygen atoms in total. The summed E-state index contributed by atoms with van der Waals surface area (Å²) in [6.45, 7) is 7.75. The first-order valence-electron chi connectivity index (χ1n) is 6.32. The van der Waals surface area contributed by atoms with Crippen molar-refractivity contribution < 1.29 is 23.7 Å². The minimum absolute atomic E-state index is 0.115. The predicted molar refractivity (Wildman–Crippen MR) is 63.3 cm³/mol. The van der Waals surface area contributed by atoms with E-state index in [1.165, 1.54) is 0 Å². The summed E-state index contributed by atoms with van der Waals surface area (Å²) in [5.41, 5.74) is 0. The first-order valence-corrected chi connectivity index (χ1v) is 6.32. The Labute approximate surface area is 103 Å². The zero-order valence-corrected chi connectivity index (χ0v) is 10.7. The second-order valence-corrected chi connectivity index (χ2v) is 3.95. The van der Waals surface area contributed by atoms with Crippen LogP contribution in [0.2, 0.25) is 0 Å². The third-order valence-electron chi connectivity index (χ3n) is 2.30. The van der Waals surface area contributed by atoms with Crippen molar-refractivity contribution in [1.29, 1.82) is 0 Å². The molecule has 0 bridgehead atoms. The van der Waals surface area contributed by atoms with Gasteiger partial charge in [-0.25, -0.2) is 0 Å². The lowest BCUT2D eigenvalue weighted by Gasteiger charge is -2.14. The van der Waals surface area contributed by atoms with Crippen LogP contribution in [0.4, 0.5) is 0 Å². The lowest BCUT2D eigenvalue weighted by molar-refractivity contribution is -0.0468. The molecule has 1 heterocycles. The smallest absolute Gasteiger partial charge is 0.0781 e. The average Bonchev–Trinajstić information content (AvgIpc) is 2.32. The Balaban J connectivity index is 2.09. The summed E-state index contributed by atoms with van der Waals surface area (Å²) in [5, 5.41) is 0. The van der Waals surface area contributed by atoms with Gasteiger partial charge in [0.25, 0.3) is 0 Å². The van der Waals surface area contributed by atoms with Gasteiger partial charge in [0.05, 0.1) is 52.4 Å². The minimum atomic E-state index is 0.115. The molecule has 17 heavy (non-hydrogen) atoms. The molecule has 1 atom stereocenters. The summed E-state index contributed by atoms with van der Waals surface area (Å²) in [4.78, 5) is 0. The molecule has 1 aliphatic rings. The highest BCUT2D eigenvalue weighted by Gasteiger charge is 2.02. The van der Waals surface area contributed by atoms with Crippen LogP contribution in [-0.4, -0.2) is 65.6 Å². The molecule has 102 valence electrons. The number of rotatable bonds is 0. The van der Waals surface area contributed by atoms with Gasteiger partial charge in [0.1, 0.15) is 0 Å². The van der Waals surface area contributed by atoms with Crippen LogP contribution >= 0.6 is 0 Å². The molecule has 0 N–H and O–H groups in total. The largest absolute Gasteiger partial charge is 0.379 e. The van der Waals surface area contributed by atoms with E-state index in [0.29, 0.717) is 52.9 Å². The van der Waals surface area contributed by atoms with E-state index in [1.54, 1.807) is 0 Å². The van der Waals surface area contributed by atoms with Gasteiger partial charge in [-0.3, -0.25) is 0 Å². The molecule has 0 aromatic carbocycles. The van der Waals surface area contributed by atoms with Crippen LogP contribution in [-0.2, 0) is 23.7 Å². The summed E-state index contributed by atoms with van der Waals surface area (Å²) in [6, 6.07) is 0. The van der Waals surface area contributed by atoms with Crippen LogP contribution in [0.5, 0.6) is 0 Å². The van der Waals surface area contributed by atoms with E-state index in [1.807, 2.05) is 6.92 Å². The topological polar surface area (TPSA) is 46.2 Å². The molecule has 1 fully saturated rings. The first-order chi connectivity index (χ1) is 8.39. The van der Waals surface area contributed by atoms with Crippen molar-refractivity contribution in [2.45, 2.75) is 19.4 Å². The summed E-state index contributed by atoms with van der Waals surface area (Å²) in [7, 11) is 0. The quantitative estimate of drug-likeness (QED) is 0.636. The fraction of sp³-hybridized carbons (Fsp3) is 1.00. The van der Waals surface area contributed by atoms with Crippen molar-refractivity contribution in [2.75, 3.05) is 59.5 Å². The van der Waals surface area contributed by atoms with Gasteiger partial charge in [-0.15, -0.1) is 0 Å². The standard InChI is InChI=1S/C12H24O5/c1-12-11-16-4-2-3-13-5-6-14-7-8-15-9-10-17-12/h12H,2-11H2,1H3. The predicted octanol–water partition coefficient (Wildman–Crippen LogP) is 0.862. The van der Waals surface area contributed by atoms with Crippen LogP contribution < -0.4 is 0 Å². The zero-order chi connectivity index (χ0) is 12.2. The lowest BCUT2D eigenvalue weighted by Crippen LogP contribution is -2.20. The van der Waals surface area contributed by atoms with Gasteiger partial charge >= 0.3 is 0 Å². The van der Waals surface area contributed by atoms with E-state index in [4.69, 9.17) is 23.7 Å². The molecule has 0 spiro atoms. The molecular formula is C12H24O5. The normalized spacial score (nSPS) is 27.7. The second kappa shape index (κ2) is 10.9. The minimum Gasteiger partial charge on any atom is -0.379 e. The van der Waals surface area contributed by atoms with Crippen LogP contribution in [0.15, 0.2) is 0 Å². The van der Waals surface area contributed by atoms with E-state index in [0.717, 1.165) is 13.0 Å². The van der Waals surface area contributed by atoms with Gasteiger partial charge in [0, 0.05) is 13.2 Å². The van der Waals surface area contributed by atoms with Crippen molar-refractivity contribution in [3.05, 3.63) is 0 Å². The van der Waals surface area contributed by atoms with E-state index in [-0.39, 0.29) is 6.10 Å². The highest BCUT2D eigenvalue weighted by Crippen LogP contribution is 1.94. The fourth-order valence-electron chi connectivity index (χ4n) is 1.41. The fourth-order valence-corrected chi connectivity index (χ4v) is 1.41. The number of hydrogen-bond acceptors (Lipinski definition) is 5. The summed E-state index contributed by atoms with van der Waals surface area (Å²) in [5.74, 6) is 0. The van der Waals surface area contributed by atoms with E-state index in [9.17, 15) is 0 Å². The van der Waals surface area contributed by atoms with Crippen LogP contribution in [0.3, 0.4) is 0 Å². The first kappa shape index (κ1) is 14.9. The van der Waals surface area contributed by atoms with Gasteiger partial charge in [-0.2, -0.15) is 0 Å². The molecule has 0 saturated carbocycles. The Morgan fingerprint density at radius 3 is 1.88 bits per heavy atom. The number of hydrogen-bond donors (Lipinski definition) is 0. The zero-order valence-electron chi connectivity index (χ0n) is 10.7. The summed E-state index contributed by atoms with van der Waals surface area (Å²) >= 11 is 0. The molecule has 5 heteroatoms. The molecule has 1 unspecified atom stereocenters. The van der Waals surface area contributed by atoms with Crippen molar-refractivity contribution >= 4 is 0 Å². The van der Waals surface area contributed by atoms with E-state index < -0.39 is 0 Å². The van der Waals surface area contributed by atoms with Gasteiger partial charge in [-0.1, -0.05) is 0 Å². The van der Waals surface area contributed by atoms with Gasteiger partial charge in [0.2, 0.25) is 0 Å². The third kappa shape index (κ3) is 9.50. The Hall–Kier alpha value is -0.200. The Bertz CT molecular complexity index is 149. The molecule has 0 aliphatic carbocycles. The van der Waals surface area contributed by atoms with Crippen molar-refractivity contribution in [1.82, 2.24) is 0 Å². The number of ether oxygens (including phenoxy) is 5. The summed E-state index contributed by atoms with van der Waals surface area (Å²) < 4.78 is 27.1. The molecule has 0 radical (unpaired) electrons. The lowest BCUT2D eigenvalue weighted by atomic mass is 10.4. The Morgan fingerprint density at radius 2 is 1.18 bits per heavy atom. The highest BCUT2D eigenvalue weighted by atomic mass is 16.6. The van der Waals surface area contributed by atoms with Gasteiger partial charge in [-0.05, 0) is 13.3 Å². The van der Waals surface area contributed by atoms with Crippen molar-refractivity contribution in [3.63, 3.8) is 0 Å². The van der Waals surface area contributed by atoms with Crippen LogP contribution in [0, 0.1) is 0 Å². The van der Waals surface area contributed by atoms with Crippen LogP contribution in [0.25, 0.3) is 0 Å². The van der Waals surface area contributed by atoms with Crippen molar-refractivity contribution in [3.8, 4) is 0 Å². The monoisotopic (exact) mass is 248 g/mol. The maximum absolute atomic E-state index is 5.52. The Kier molecular flexibility index (Phi) is 9.55. The third-order valence-corrected chi connectivity index (χ3v) is 2.30. The average molecular weight is 248 g/mol. The highest BCUT2D eigenvalue weighted by molar-refractivity contribution is 4.48. The molecular weight excluding hydrogens is 224 g/mol. The molecule has 1 aliphatic heterocycles. The van der Waals surface area contributed by atoms with E-state index in [2.05, 4.69) is 0 Å². The molecule has 1 rings (SSSR count). The maximum atomic E-state index is 5.52. The van der Waals surface area contributed by atoms with E-state index >= 15 is 0 Å². The molecule has 0 aromatic heterocycles. The van der Waals surface area contributed by atoms with Gasteiger partial charge < -0.3 is 23.7 Å². The Morgan fingerprint density at radius 1 is 0.647 bits per heavy atom. The summed E-state index contributed by atoms with van der Waals surface area (Å²) in [6.07, 6.45) is 1.03. The molecule has 0 aromatic rings. The van der Waals surface area contributed by atoms with Gasteiger partial charge in [0.15, 0.2) is 0 Å². The van der Waals surface area contributed by atoms with Crippen molar-refractivity contribution in [2.24, 2.45) is 0 Å². The second-order valence-electron chi connectivity index (χ2n) is 3.95. The molecule has 1 saturated heterocycles.